The molecule has 5 rings (SSSR count). The van der Waals surface area contributed by atoms with Gasteiger partial charge in [-0.1, -0.05) is 41.9 Å². The molecule has 48 heavy (non-hydrogen) atoms. The van der Waals surface area contributed by atoms with E-state index in [9.17, 15) is 24.0 Å². The van der Waals surface area contributed by atoms with E-state index in [4.69, 9.17) is 21.4 Å². The van der Waals surface area contributed by atoms with Gasteiger partial charge in [-0.3, -0.25) is 19.7 Å². The number of tetrazole rings is 1. The van der Waals surface area contributed by atoms with Crippen LogP contribution in [0.25, 0.3) is 5.69 Å². The number of hydrogen-bond acceptors (Lipinski definition) is 9. The van der Waals surface area contributed by atoms with Gasteiger partial charge in [-0.2, -0.15) is 4.68 Å². The first kappa shape index (κ1) is 32.8. The number of carbonyl (C=O) groups excluding carboxylic acids is 4. The largest absolute Gasteiger partial charge is 0.478 e. The summed E-state index contributed by atoms with van der Waals surface area (Å²) in [5.74, 6) is -3.71. The molecule has 5 N–H and O–H groups in total. The number of amides is 4. The van der Waals surface area contributed by atoms with E-state index in [0.29, 0.717) is 22.7 Å². The molecule has 4 amide bonds. The maximum atomic E-state index is 13.4. The highest BCUT2D eigenvalue weighted by atomic mass is 35.5. The zero-order valence-corrected chi connectivity index (χ0v) is 25.4. The van der Waals surface area contributed by atoms with Crippen molar-refractivity contribution in [1.82, 2.24) is 25.5 Å². The Bertz CT molecular complexity index is 1940. The fraction of sp³-hybridized carbons (Fsp3) is 0.0625. The number of nitrogens with zero attached hydrogens (tertiary/aromatic N) is 4. The molecule has 0 aliphatic rings. The van der Waals surface area contributed by atoms with Crippen LogP contribution in [0.3, 0.4) is 0 Å². The van der Waals surface area contributed by atoms with Crippen LogP contribution < -0.4 is 26.0 Å². The molecule has 0 aliphatic heterocycles. The number of nitrogens with one attached hydrogen (secondary N) is 4. The second-order valence-corrected chi connectivity index (χ2v) is 10.4. The molecule has 0 radical (unpaired) electrons. The molecule has 16 heteroatoms. The van der Waals surface area contributed by atoms with Crippen molar-refractivity contribution in [3.05, 3.63) is 120 Å². The van der Waals surface area contributed by atoms with Gasteiger partial charge in [0.1, 0.15) is 18.1 Å². The van der Waals surface area contributed by atoms with E-state index < -0.39 is 35.8 Å². The Morgan fingerprint density at radius 2 is 1.50 bits per heavy atom. The quantitative estimate of drug-likeness (QED) is 0.136. The van der Waals surface area contributed by atoms with Crippen molar-refractivity contribution in [3.63, 3.8) is 0 Å². The Kier molecular flexibility index (Phi) is 10.3. The van der Waals surface area contributed by atoms with Crippen LogP contribution in [-0.4, -0.2) is 61.1 Å². The molecule has 5 aromatic rings. The van der Waals surface area contributed by atoms with Gasteiger partial charge >= 0.3 is 23.9 Å². The van der Waals surface area contributed by atoms with Crippen LogP contribution in [-0.2, 0) is 20.8 Å². The lowest BCUT2D eigenvalue weighted by Gasteiger charge is -2.19. The van der Waals surface area contributed by atoms with Crippen LogP contribution >= 0.6 is 11.6 Å². The molecule has 15 nitrogen and oxygen atoms in total. The van der Waals surface area contributed by atoms with Crippen molar-refractivity contribution in [2.75, 3.05) is 16.0 Å². The van der Waals surface area contributed by atoms with Crippen LogP contribution in [0, 0.1) is 0 Å². The van der Waals surface area contributed by atoms with Crippen LogP contribution in [0.2, 0.25) is 5.02 Å². The summed E-state index contributed by atoms with van der Waals surface area (Å²) in [4.78, 5) is 63.0. The van der Waals surface area contributed by atoms with Crippen molar-refractivity contribution in [2.45, 2.75) is 12.5 Å². The van der Waals surface area contributed by atoms with E-state index in [1.807, 2.05) is 0 Å². The van der Waals surface area contributed by atoms with Crippen LogP contribution in [0.5, 0.6) is 5.75 Å². The summed E-state index contributed by atoms with van der Waals surface area (Å²) in [6.07, 6.45) is 0.510. The molecule has 0 aliphatic carbocycles. The predicted molar refractivity (Wildman–Crippen MR) is 173 cm³/mol. The fourth-order valence-electron chi connectivity index (χ4n) is 4.32. The lowest BCUT2D eigenvalue weighted by Crippen LogP contribution is -2.49. The molecule has 242 valence electrons. The number of aromatic nitrogens is 4. The van der Waals surface area contributed by atoms with Crippen molar-refractivity contribution < 1.29 is 33.8 Å². The minimum absolute atomic E-state index is 0.0120. The summed E-state index contributed by atoms with van der Waals surface area (Å²) in [7, 11) is 0. The minimum Gasteiger partial charge on any atom is -0.478 e. The van der Waals surface area contributed by atoms with Gasteiger partial charge in [-0.05, 0) is 82.7 Å². The smallest absolute Gasteiger partial charge is 0.417 e. The SMILES string of the molecule is O=C(Nc1ccc(CC(NC(=O)C(=O)Nc2cc(Cl)ccc2-n2cnnn2)C(=O)Nc2ccc(C(=O)O)cc2)cc1)Oc1ccccc1. The number of anilines is 3. The predicted octanol–water partition coefficient (Wildman–Crippen LogP) is 3.93. The normalized spacial score (nSPS) is 11.1. The average Bonchev–Trinajstić information content (AvgIpc) is 3.61. The van der Waals surface area contributed by atoms with Crippen LogP contribution in [0.4, 0.5) is 21.9 Å². The molecule has 0 bridgehead atoms. The molecule has 0 spiro atoms. The van der Waals surface area contributed by atoms with Gasteiger partial charge in [0.15, 0.2) is 0 Å². The topological polar surface area (TPSA) is 207 Å². The summed E-state index contributed by atoms with van der Waals surface area (Å²) in [6.45, 7) is 0. The van der Waals surface area contributed by atoms with Crippen LogP contribution in [0.1, 0.15) is 15.9 Å². The number of carbonyl (C=O) groups is 5. The Morgan fingerprint density at radius 1 is 0.812 bits per heavy atom. The maximum absolute atomic E-state index is 13.4. The number of carboxylic acids is 1. The third-order valence-electron chi connectivity index (χ3n) is 6.62. The minimum atomic E-state index is -1.28. The first-order valence-electron chi connectivity index (χ1n) is 14.1. The van der Waals surface area contributed by atoms with Gasteiger partial charge in [0.25, 0.3) is 0 Å². The van der Waals surface area contributed by atoms with E-state index in [0.717, 1.165) is 0 Å². The molecule has 0 fully saturated rings. The first-order chi connectivity index (χ1) is 23.1. The molecule has 4 aromatic carbocycles. The molecule has 1 atom stereocenters. The second kappa shape index (κ2) is 15.1. The Balaban J connectivity index is 1.30. The summed E-state index contributed by atoms with van der Waals surface area (Å²) in [5.41, 5.74) is 1.69. The third-order valence-corrected chi connectivity index (χ3v) is 6.86. The molecule has 0 saturated heterocycles. The maximum Gasteiger partial charge on any atom is 0.417 e. The second-order valence-electron chi connectivity index (χ2n) is 10.00. The first-order valence-corrected chi connectivity index (χ1v) is 14.4. The number of rotatable bonds is 10. The van der Waals surface area contributed by atoms with Crippen LogP contribution in [0.15, 0.2) is 103 Å². The molecular formula is C32H25ClN8O7. The highest BCUT2D eigenvalue weighted by Crippen LogP contribution is 2.24. The number of aromatic carboxylic acids is 1. The third kappa shape index (κ3) is 8.76. The zero-order valence-electron chi connectivity index (χ0n) is 24.7. The monoisotopic (exact) mass is 668 g/mol. The van der Waals surface area contributed by atoms with Gasteiger partial charge < -0.3 is 25.8 Å². The molecule has 0 saturated carbocycles. The van der Waals surface area contributed by atoms with E-state index in [1.54, 1.807) is 60.7 Å². The summed E-state index contributed by atoms with van der Waals surface area (Å²) < 4.78 is 6.49. The van der Waals surface area contributed by atoms with E-state index in [2.05, 4.69) is 36.8 Å². The Labute approximate surface area is 276 Å². The fourth-order valence-corrected chi connectivity index (χ4v) is 4.49. The molecule has 1 heterocycles. The summed E-state index contributed by atoms with van der Waals surface area (Å²) in [6, 6.07) is 23.5. The van der Waals surface area contributed by atoms with Crippen molar-refractivity contribution >= 4 is 58.4 Å². The van der Waals surface area contributed by atoms with Crippen molar-refractivity contribution in [1.29, 1.82) is 0 Å². The highest BCUT2D eigenvalue weighted by molar-refractivity contribution is 6.40. The number of ether oxygens (including phenoxy) is 1. The molecule has 1 aromatic heterocycles. The van der Waals surface area contributed by atoms with E-state index in [1.165, 1.54) is 47.4 Å². The average molecular weight is 669 g/mol. The molecule has 1 unspecified atom stereocenters. The van der Waals surface area contributed by atoms with Crippen molar-refractivity contribution in [2.24, 2.45) is 0 Å². The number of benzene rings is 4. The number of carboxylic acid groups (broad SMARTS) is 1. The standard InChI is InChI=1S/C32H25ClN8O7/c33-21-10-15-27(41-18-34-39-40-41)25(17-21)37-29(43)30(44)38-26(28(42)35-22-13-8-20(9-14-22)31(45)46)16-19-6-11-23(12-7-19)36-32(47)48-24-4-2-1-3-5-24/h1-15,17-18,26H,16H2,(H,35,42)(H,36,47)(H,37,43)(H,38,44)(H,45,46). The summed E-state index contributed by atoms with van der Waals surface area (Å²) >= 11 is 6.11. The van der Waals surface area contributed by atoms with Gasteiger partial charge in [-0.25, -0.2) is 9.59 Å². The van der Waals surface area contributed by atoms with E-state index >= 15 is 0 Å². The van der Waals surface area contributed by atoms with Crippen molar-refractivity contribution in [3.8, 4) is 11.4 Å². The number of para-hydroxylation sites is 1. The highest BCUT2D eigenvalue weighted by Gasteiger charge is 2.26. The van der Waals surface area contributed by atoms with Gasteiger partial charge in [0.2, 0.25) is 5.91 Å². The zero-order chi connectivity index (χ0) is 34.0. The lowest BCUT2D eigenvalue weighted by atomic mass is 10.0. The Hall–Kier alpha value is -6.61. The lowest BCUT2D eigenvalue weighted by molar-refractivity contribution is -0.137. The number of halogens is 1. The van der Waals surface area contributed by atoms with E-state index in [-0.39, 0.29) is 28.4 Å². The van der Waals surface area contributed by atoms with Gasteiger partial charge in [-0.15, -0.1) is 5.10 Å². The number of hydrogen-bond donors (Lipinski definition) is 5. The summed E-state index contributed by atoms with van der Waals surface area (Å²) in [5, 5.41) is 30.5. The molecular weight excluding hydrogens is 644 g/mol. The Morgan fingerprint density at radius 3 is 2.17 bits per heavy atom. The van der Waals surface area contributed by atoms with Gasteiger partial charge in [0, 0.05) is 22.8 Å². The van der Waals surface area contributed by atoms with Gasteiger partial charge in [0.05, 0.1) is 16.9 Å².